The first-order valence-electron chi connectivity index (χ1n) is 10.3. The Kier molecular flexibility index (Phi) is 6.63. The summed E-state index contributed by atoms with van der Waals surface area (Å²) in [4.78, 5) is 8.57. The number of aromatic nitrogens is 1. The molecule has 2 heterocycles. The number of benzene rings is 2. The van der Waals surface area contributed by atoms with Crippen molar-refractivity contribution in [2.45, 2.75) is 31.2 Å². The Hall–Kier alpha value is -2.06. The summed E-state index contributed by atoms with van der Waals surface area (Å²) in [6.45, 7) is 5.23. The second-order valence-electron chi connectivity index (χ2n) is 7.91. The van der Waals surface area contributed by atoms with Gasteiger partial charge in [0.25, 0.3) is 0 Å². The fourth-order valence-corrected chi connectivity index (χ4v) is 5.88. The predicted molar refractivity (Wildman–Crippen MR) is 122 cm³/mol. The zero-order valence-electron chi connectivity index (χ0n) is 17.1. The van der Waals surface area contributed by atoms with Crippen LogP contribution in [0.3, 0.4) is 0 Å². The van der Waals surface area contributed by atoms with E-state index in [-0.39, 0.29) is 0 Å². The first-order valence-corrected chi connectivity index (χ1v) is 12.6. The van der Waals surface area contributed by atoms with Gasteiger partial charge in [0.15, 0.2) is 0 Å². The van der Waals surface area contributed by atoms with Crippen LogP contribution in [-0.4, -0.2) is 37.9 Å². The SMILES string of the molecule is Cc1ccc(S(=O)(=O)NCC2CCCN(Cc3cnc(-c4ccccc4)s3)C2)cc1. The molecule has 2 aromatic carbocycles. The highest BCUT2D eigenvalue weighted by Gasteiger charge is 2.23. The van der Waals surface area contributed by atoms with Crippen LogP contribution in [0.1, 0.15) is 23.3 Å². The highest BCUT2D eigenvalue weighted by Crippen LogP contribution is 2.27. The van der Waals surface area contributed by atoms with E-state index in [2.05, 4.69) is 26.7 Å². The third-order valence-corrected chi connectivity index (χ3v) is 7.92. The van der Waals surface area contributed by atoms with Gasteiger partial charge < -0.3 is 0 Å². The normalized spacial score (nSPS) is 17.8. The molecular formula is C23H27N3O2S2. The van der Waals surface area contributed by atoms with Crippen LogP contribution in [0.25, 0.3) is 10.6 Å². The smallest absolute Gasteiger partial charge is 0.240 e. The van der Waals surface area contributed by atoms with Crippen LogP contribution in [0.15, 0.2) is 65.7 Å². The predicted octanol–water partition coefficient (Wildman–Crippen LogP) is 4.31. The van der Waals surface area contributed by atoms with Gasteiger partial charge in [0.2, 0.25) is 10.0 Å². The summed E-state index contributed by atoms with van der Waals surface area (Å²) in [6, 6.07) is 17.2. The van der Waals surface area contributed by atoms with Gasteiger partial charge >= 0.3 is 0 Å². The van der Waals surface area contributed by atoms with Gasteiger partial charge in [-0.2, -0.15) is 0 Å². The lowest BCUT2D eigenvalue weighted by Gasteiger charge is -2.32. The standard InChI is InChI=1S/C23H27N3O2S2/c1-18-9-11-22(12-10-18)30(27,28)25-14-19-6-5-13-26(16-19)17-21-15-24-23(29-21)20-7-3-2-4-8-20/h2-4,7-12,15,19,25H,5-6,13-14,16-17H2,1H3. The summed E-state index contributed by atoms with van der Waals surface area (Å²) in [7, 11) is -3.46. The molecule has 0 radical (unpaired) electrons. The van der Waals surface area contributed by atoms with Gasteiger partial charge in [0, 0.05) is 36.3 Å². The van der Waals surface area contributed by atoms with Crippen molar-refractivity contribution in [3.8, 4) is 10.6 Å². The van der Waals surface area contributed by atoms with E-state index >= 15 is 0 Å². The van der Waals surface area contributed by atoms with Gasteiger partial charge in [0.05, 0.1) is 4.90 Å². The van der Waals surface area contributed by atoms with Gasteiger partial charge in [-0.15, -0.1) is 11.3 Å². The number of likely N-dealkylation sites (tertiary alicyclic amines) is 1. The van der Waals surface area contributed by atoms with E-state index in [0.29, 0.717) is 17.4 Å². The van der Waals surface area contributed by atoms with E-state index in [1.54, 1.807) is 23.5 Å². The highest BCUT2D eigenvalue weighted by atomic mass is 32.2. The lowest BCUT2D eigenvalue weighted by atomic mass is 9.98. The van der Waals surface area contributed by atoms with E-state index in [1.807, 2.05) is 43.5 Å². The topological polar surface area (TPSA) is 62.3 Å². The molecule has 0 bridgehead atoms. The first-order chi connectivity index (χ1) is 14.5. The van der Waals surface area contributed by atoms with Crippen LogP contribution < -0.4 is 4.72 Å². The third kappa shape index (κ3) is 5.35. The number of sulfonamides is 1. The maximum atomic E-state index is 12.6. The maximum Gasteiger partial charge on any atom is 0.240 e. The Bertz CT molecular complexity index is 1060. The Morgan fingerprint density at radius 2 is 1.90 bits per heavy atom. The molecule has 0 amide bonds. The minimum atomic E-state index is -3.46. The van der Waals surface area contributed by atoms with Crippen LogP contribution in [-0.2, 0) is 16.6 Å². The van der Waals surface area contributed by atoms with Gasteiger partial charge in [0.1, 0.15) is 5.01 Å². The van der Waals surface area contributed by atoms with Crippen LogP contribution in [0.4, 0.5) is 0 Å². The van der Waals surface area contributed by atoms with Crippen molar-refractivity contribution in [1.29, 1.82) is 0 Å². The lowest BCUT2D eigenvalue weighted by Crippen LogP contribution is -2.40. The number of nitrogens with one attached hydrogen (secondary N) is 1. The zero-order chi connectivity index (χ0) is 21.0. The van der Waals surface area contributed by atoms with Gasteiger partial charge in [-0.05, 0) is 44.4 Å². The van der Waals surface area contributed by atoms with Crippen LogP contribution in [0.5, 0.6) is 0 Å². The van der Waals surface area contributed by atoms with Crippen molar-refractivity contribution >= 4 is 21.4 Å². The van der Waals surface area contributed by atoms with Crippen LogP contribution in [0.2, 0.25) is 0 Å². The van der Waals surface area contributed by atoms with E-state index < -0.39 is 10.0 Å². The van der Waals surface area contributed by atoms with Gasteiger partial charge in [-0.1, -0.05) is 48.0 Å². The molecule has 1 fully saturated rings. The average molecular weight is 442 g/mol. The Morgan fingerprint density at radius 1 is 1.13 bits per heavy atom. The molecule has 0 spiro atoms. The summed E-state index contributed by atoms with van der Waals surface area (Å²) >= 11 is 1.73. The Labute approximate surface area is 182 Å². The zero-order valence-corrected chi connectivity index (χ0v) is 18.8. The molecule has 4 rings (SSSR count). The van der Waals surface area contributed by atoms with E-state index in [4.69, 9.17) is 0 Å². The molecule has 3 aromatic rings. The molecule has 1 N–H and O–H groups in total. The van der Waals surface area contributed by atoms with E-state index in [1.165, 1.54) is 4.88 Å². The summed E-state index contributed by atoms with van der Waals surface area (Å²) in [5.74, 6) is 0.320. The second kappa shape index (κ2) is 9.39. The molecule has 1 aromatic heterocycles. The lowest BCUT2D eigenvalue weighted by molar-refractivity contribution is 0.170. The molecule has 158 valence electrons. The summed E-state index contributed by atoms with van der Waals surface area (Å²) in [5, 5.41) is 1.05. The number of thiazole rings is 1. The molecule has 1 aliphatic rings. The quantitative estimate of drug-likeness (QED) is 0.594. The monoisotopic (exact) mass is 441 g/mol. The molecule has 1 saturated heterocycles. The first kappa shape index (κ1) is 21.2. The van der Waals surface area contributed by atoms with Crippen molar-refractivity contribution in [3.63, 3.8) is 0 Å². The molecular weight excluding hydrogens is 414 g/mol. The fraction of sp³-hybridized carbons (Fsp3) is 0.348. The molecule has 1 atom stereocenters. The van der Waals surface area contributed by atoms with Crippen LogP contribution >= 0.6 is 11.3 Å². The molecule has 0 aliphatic carbocycles. The number of hydrogen-bond acceptors (Lipinski definition) is 5. The third-order valence-electron chi connectivity index (χ3n) is 5.45. The highest BCUT2D eigenvalue weighted by molar-refractivity contribution is 7.89. The van der Waals surface area contributed by atoms with Crippen molar-refractivity contribution in [1.82, 2.24) is 14.6 Å². The summed E-state index contributed by atoms with van der Waals surface area (Å²) < 4.78 is 27.9. The van der Waals surface area contributed by atoms with E-state index in [9.17, 15) is 8.42 Å². The van der Waals surface area contributed by atoms with Gasteiger partial charge in [-0.25, -0.2) is 18.1 Å². The molecule has 30 heavy (non-hydrogen) atoms. The van der Waals surface area contributed by atoms with E-state index in [0.717, 1.165) is 48.6 Å². The number of aryl methyl sites for hydroxylation is 1. The van der Waals surface area contributed by atoms with Crippen LogP contribution in [0, 0.1) is 12.8 Å². The molecule has 0 saturated carbocycles. The largest absolute Gasteiger partial charge is 0.298 e. The van der Waals surface area contributed by atoms with Crippen molar-refractivity contribution < 1.29 is 8.42 Å². The minimum absolute atomic E-state index is 0.320. The van der Waals surface area contributed by atoms with Crippen molar-refractivity contribution in [3.05, 3.63) is 71.2 Å². The fourth-order valence-electron chi connectivity index (χ4n) is 3.81. The summed E-state index contributed by atoms with van der Waals surface area (Å²) in [6.07, 6.45) is 4.10. The average Bonchev–Trinajstić information content (AvgIpc) is 3.22. The summed E-state index contributed by atoms with van der Waals surface area (Å²) in [5.41, 5.74) is 2.20. The Morgan fingerprint density at radius 3 is 2.67 bits per heavy atom. The number of rotatable bonds is 7. The number of nitrogens with zero attached hydrogens (tertiary/aromatic N) is 2. The number of hydrogen-bond donors (Lipinski definition) is 1. The van der Waals surface area contributed by atoms with Crippen molar-refractivity contribution in [2.75, 3.05) is 19.6 Å². The molecule has 1 aliphatic heterocycles. The molecule has 7 heteroatoms. The molecule has 1 unspecified atom stereocenters. The molecule has 5 nitrogen and oxygen atoms in total. The van der Waals surface area contributed by atoms with Crippen molar-refractivity contribution in [2.24, 2.45) is 5.92 Å². The Balaban J connectivity index is 1.32. The second-order valence-corrected chi connectivity index (χ2v) is 10.8. The maximum absolute atomic E-state index is 12.6. The number of piperidine rings is 1. The van der Waals surface area contributed by atoms with Gasteiger partial charge in [-0.3, -0.25) is 4.90 Å². The minimum Gasteiger partial charge on any atom is -0.298 e.